The van der Waals surface area contributed by atoms with Crippen LogP contribution >= 0.6 is 0 Å². The second-order valence-electron chi connectivity index (χ2n) is 5.02. The van der Waals surface area contributed by atoms with Crippen LogP contribution in [-0.2, 0) is 4.74 Å². The van der Waals surface area contributed by atoms with Gasteiger partial charge in [-0.25, -0.2) is 9.97 Å². The first-order valence-electron chi connectivity index (χ1n) is 6.59. The molecule has 6 nitrogen and oxygen atoms in total. The minimum Gasteiger partial charge on any atom is -0.372 e. The highest BCUT2D eigenvalue weighted by Crippen LogP contribution is 2.24. The molecule has 1 fully saturated rings. The normalized spacial score (nSPS) is 23.8. The Kier molecular flexibility index (Phi) is 3.02. The van der Waals surface area contributed by atoms with E-state index in [9.17, 15) is 0 Å². The monoisotopic (exact) mass is 261 g/mol. The zero-order chi connectivity index (χ0) is 13.4. The molecular formula is C13H19N5O. The van der Waals surface area contributed by atoms with Gasteiger partial charge in [0.25, 0.3) is 0 Å². The van der Waals surface area contributed by atoms with Crippen LogP contribution in [0.3, 0.4) is 0 Å². The van der Waals surface area contributed by atoms with Gasteiger partial charge in [0.1, 0.15) is 5.82 Å². The highest BCUT2D eigenvalue weighted by atomic mass is 16.5. The number of aromatic nitrogens is 3. The zero-order valence-corrected chi connectivity index (χ0v) is 11.5. The van der Waals surface area contributed by atoms with Crippen molar-refractivity contribution < 1.29 is 4.74 Å². The fourth-order valence-electron chi connectivity index (χ4n) is 2.60. The summed E-state index contributed by atoms with van der Waals surface area (Å²) in [6.07, 6.45) is 6.10. The number of hydrogen-bond donors (Lipinski definition) is 1. The highest BCUT2D eigenvalue weighted by Gasteiger charge is 2.25. The van der Waals surface area contributed by atoms with E-state index in [4.69, 9.17) is 4.74 Å². The molecule has 0 radical (unpaired) electrons. The highest BCUT2D eigenvalue weighted by molar-refractivity contribution is 5.67. The Hall–Kier alpha value is -1.82. The first-order chi connectivity index (χ1) is 9.17. The molecule has 0 amide bonds. The summed E-state index contributed by atoms with van der Waals surface area (Å²) in [6.45, 7) is 5.86. The molecule has 0 bridgehead atoms. The van der Waals surface area contributed by atoms with Gasteiger partial charge in [0.05, 0.1) is 18.4 Å². The van der Waals surface area contributed by atoms with Gasteiger partial charge in [0.15, 0.2) is 11.5 Å². The van der Waals surface area contributed by atoms with Gasteiger partial charge in [-0.2, -0.15) is 0 Å². The smallest absolute Gasteiger partial charge is 0.180 e. The fourth-order valence-corrected chi connectivity index (χ4v) is 2.60. The van der Waals surface area contributed by atoms with Crippen LogP contribution in [0.4, 0.5) is 11.6 Å². The van der Waals surface area contributed by atoms with E-state index in [0.717, 1.165) is 30.4 Å². The van der Waals surface area contributed by atoms with Crippen molar-refractivity contribution in [3.05, 3.63) is 18.6 Å². The van der Waals surface area contributed by atoms with E-state index in [0.29, 0.717) is 0 Å². The summed E-state index contributed by atoms with van der Waals surface area (Å²) in [7, 11) is 1.87. The Morgan fingerprint density at radius 3 is 2.74 bits per heavy atom. The van der Waals surface area contributed by atoms with Gasteiger partial charge in [-0.15, -0.1) is 0 Å². The topological polar surface area (TPSA) is 54.7 Å². The van der Waals surface area contributed by atoms with E-state index in [1.807, 2.05) is 23.8 Å². The second kappa shape index (κ2) is 4.70. The molecule has 0 saturated carbocycles. The number of imidazole rings is 1. The quantitative estimate of drug-likeness (QED) is 0.885. The van der Waals surface area contributed by atoms with Crippen molar-refractivity contribution in [3.63, 3.8) is 0 Å². The van der Waals surface area contributed by atoms with Crippen LogP contribution < -0.4 is 10.2 Å². The lowest BCUT2D eigenvalue weighted by Crippen LogP contribution is -2.46. The van der Waals surface area contributed by atoms with Gasteiger partial charge in [0.2, 0.25) is 0 Å². The number of fused-ring (bicyclic) bond motifs is 1. The summed E-state index contributed by atoms with van der Waals surface area (Å²) in [6, 6.07) is 0. The number of hydrogen-bond acceptors (Lipinski definition) is 5. The van der Waals surface area contributed by atoms with Crippen molar-refractivity contribution in [2.75, 3.05) is 30.4 Å². The third-order valence-electron chi connectivity index (χ3n) is 3.33. The standard InChI is InChI=1S/C13H19N5O/c1-9-6-18(7-10(2)19-9)13-12-15-4-5-17(12)8-11(14-3)16-13/h4-5,8-10,14H,6-7H2,1-3H3/t9-,10+. The van der Waals surface area contributed by atoms with E-state index >= 15 is 0 Å². The van der Waals surface area contributed by atoms with Crippen LogP contribution in [-0.4, -0.2) is 46.7 Å². The van der Waals surface area contributed by atoms with Crippen molar-refractivity contribution in [1.29, 1.82) is 0 Å². The van der Waals surface area contributed by atoms with Gasteiger partial charge in [-0.05, 0) is 13.8 Å². The average molecular weight is 261 g/mol. The average Bonchev–Trinajstić information content (AvgIpc) is 2.84. The van der Waals surface area contributed by atoms with E-state index in [1.165, 1.54) is 0 Å². The van der Waals surface area contributed by atoms with Gasteiger partial charge < -0.3 is 19.4 Å². The molecule has 2 aromatic rings. The largest absolute Gasteiger partial charge is 0.372 e. The first kappa shape index (κ1) is 12.2. The molecule has 3 heterocycles. The molecule has 2 atom stereocenters. The van der Waals surface area contributed by atoms with E-state index in [-0.39, 0.29) is 12.2 Å². The number of ether oxygens (including phenoxy) is 1. The third kappa shape index (κ3) is 2.23. The molecule has 0 unspecified atom stereocenters. The molecular weight excluding hydrogens is 242 g/mol. The molecule has 1 N–H and O–H groups in total. The van der Waals surface area contributed by atoms with Crippen molar-refractivity contribution in [1.82, 2.24) is 14.4 Å². The zero-order valence-electron chi connectivity index (χ0n) is 11.5. The van der Waals surface area contributed by atoms with Crippen molar-refractivity contribution in [3.8, 4) is 0 Å². The van der Waals surface area contributed by atoms with Gasteiger partial charge >= 0.3 is 0 Å². The van der Waals surface area contributed by atoms with Crippen LogP contribution in [0.1, 0.15) is 13.8 Å². The van der Waals surface area contributed by atoms with Gasteiger partial charge in [-0.3, -0.25) is 0 Å². The molecule has 19 heavy (non-hydrogen) atoms. The lowest BCUT2D eigenvalue weighted by Gasteiger charge is -2.36. The Bertz CT molecular complexity index is 571. The molecule has 6 heteroatoms. The van der Waals surface area contributed by atoms with E-state index < -0.39 is 0 Å². The summed E-state index contributed by atoms with van der Waals surface area (Å²) >= 11 is 0. The minimum absolute atomic E-state index is 0.207. The van der Waals surface area contributed by atoms with Crippen LogP contribution in [0.15, 0.2) is 18.6 Å². The van der Waals surface area contributed by atoms with Crippen LogP contribution in [0.2, 0.25) is 0 Å². The lowest BCUT2D eigenvalue weighted by molar-refractivity contribution is -0.00538. The number of nitrogens with zero attached hydrogens (tertiary/aromatic N) is 4. The van der Waals surface area contributed by atoms with Crippen LogP contribution in [0, 0.1) is 0 Å². The Morgan fingerprint density at radius 1 is 1.32 bits per heavy atom. The Balaban J connectivity index is 2.05. The predicted molar refractivity (Wildman–Crippen MR) is 74.8 cm³/mol. The van der Waals surface area contributed by atoms with Crippen LogP contribution in [0.5, 0.6) is 0 Å². The van der Waals surface area contributed by atoms with Crippen molar-refractivity contribution >= 4 is 17.3 Å². The summed E-state index contributed by atoms with van der Waals surface area (Å²) in [5, 5.41) is 3.09. The van der Waals surface area contributed by atoms with E-state index in [1.54, 1.807) is 6.20 Å². The maximum absolute atomic E-state index is 5.78. The first-order valence-corrected chi connectivity index (χ1v) is 6.59. The maximum atomic E-state index is 5.78. The molecule has 3 rings (SSSR count). The maximum Gasteiger partial charge on any atom is 0.180 e. The molecule has 0 spiro atoms. The Morgan fingerprint density at radius 2 is 2.05 bits per heavy atom. The van der Waals surface area contributed by atoms with Gasteiger partial charge in [-0.1, -0.05) is 0 Å². The lowest BCUT2D eigenvalue weighted by atomic mass is 10.2. The summed E-state index contributed by atoms with van der Waals surface area (Å²) < 4.78 is 7.77. The summed E-state index contributed by atoms with van der Waals surface area (Å²) in [4.78, 5) is 11.3. The van der Waals surface area contributed by atoms with Crippen molar-refractivity contribution in [2.24, 2.45) is 0 Å². The van der Waals surface area contributed by atoms with Crippen LogP contribution in [0.25, 0.3) is 5.65 Å². The molecule has 1 aliphatic heterocycles. The molecule has 1 aliphatic rings. The SMILES string of the molecule is CNc1cn2ccnc2c(N2C[C@@H](C)O[C@@H](C)C2)n1. The molecule has 0 aromatic carbocycles. The molecule has 1 saturated heterocycles. The molecule has 102 valence electrons. The van der Waals surface area contributed by atoms with Crippen molar-refractivity contribution in [2.45, 2.75) is 26.1 Å². The van der Waals surface area contributed by atoms with E-state index in [2.05, 4.69) is 34.0 Å². The minimum atomic E-state index is 0.207. The predicted octanol–water partition coefficient (Wildman–Crippen LogP) is 1.38. The molecule has 0 aliphatic carbocycles. The summed E-state index contributed by atoms with van der Waals surface area (Å²) in [5.74, 6) is 1.76. The fraction of sp³-hybridized carbons (Fsp3) is 0.538. The number of morpholine rings is 1. The number of rotatable bonds is 2. The number of nitrogens with one attached hydrogen (secondary N) is 1. The number of anilines is 2. The second-order valence-corrected chi connectivity index (χ2v) is 5.02. The van der Waals surface area contributed by atoms with Gasteiger partial charge in [0, 0.05) is 32.5 Å². The Labute approximate surface area is 112 Å². The summed E-state index contributed by atoms with van der Waals surface area (Å²) in [5.41, 5.74) is 0.889. The molecule has 2 aromatic heterocycles. The third-order valence-corrected chi connectivity index (χ3v) is 3.33.